The molecular weight excluding hydrogens is 256 g/mol. The molecule has 2 saturated heterocycles. The number of anilines is 3. The molecule has 2 aliphatic heterocycles. The summed E-state index contributed by atoms with van der Waals surface area (Å²) < 4.78 is 0. The van der Waals surface area contributed by atoms with E-state index in [4.69, 9.17) is 5.84 Å². The molecule has 0 saturated carbocycles. The minimum atomic E-state index is 0.404. The smallest absolute Gasteiger partial charge is 0.244 e. The summed E-state index contributed by atoms with van der Waals surface area (Å²) in [6, 6.07) is 0. The van der Waals surface area contributed by atoms with Gasteiger partial charge in [-0.05, 0) is 25.7 Å². The number of rotatable bonds is 4. The van der Waals surface area contributed by atoms with E-state index < -0.39 is 0 Å². The first kappa shape index (κ1) is 13.3. The van der Waals surface area contributed by atoms with Crippen LogP contribution in [0.15, 0.2) is 0 Å². The molecule has 20 heavy (non-hydrogen) atoms. The topological polar surface area (TPSA) is 95.2 Å². The largest absolute Gasteiger partial charge is 0.341 e. The van der Waals surface area contributed by atoms with E-state index in [0.717, 1.165) is 26.2 Å². The third-order valence-corrected chi connectivity index (χ3v) is 3.76. The van der Waals surface area contributed by atoms with Crippen LogP contribution in [0.3, 0.4) is 0 Å². The predicted molar refractivity (Wildman–Crippen MR) is 78.1 cm³/mol. The van der Waals surface area contributed by atoms with E-state index in [-0.39, 0.29) is 0 Å². The van der Waals surface area contributed by atoms with Gasteiger partial charge in [-0.2, -0.15) is 15.0 Å². The summed E-state index contributed by atoms with van der Waals surface area (Å²) in [5, 5.41) is 2.16. The van der Waals surface area contributed by atoms with Crippen LogP contribution in [0.2, 0.25) is 0 Å². The monoisotopic (exact) mass is 278 g/mol. The van der Waals surface area contributed by atoms with Gasteiger partial charge in [0, 0.05) is 26.2 Å². The maximum atomic E-state index is 5.46. The minimum absolute atomic E-state index is 0.404. The van der Waals surface area contributed by atoms with E-state index in [1.807, 2.05) is 0 Å². The molecule has 110 valence electrons. The molecule has 3 rings (SSSR count). The molecular formula is C12H22N8. The zero-order valence-corrected chi connectivity index (χ0v) is 11.7. The van der Waals surface area contributed by atoms with Crippen LogP contribution >= 0.6 is 0 Å². The number of nitrogens with one attached hydrogen (secondary N) is 2. The highest BCUT2D eigenvalue weighted by Crippen LogP contribution is 2.19. The summed E-state index contributed by atoms with van der Waals surface area (Å²) in [6.45, 7) is 4.04. The van der Waals surface area contributed by atoms with Gasteiger partial charge in [0.05, 0.1) is 0 Å². The molecule has 0 unspecified atom stereocenters. The summed E-state index contributed by atoms with van der Waals surface area (Å²) in [4.78, 5) is 15.3. The van der Waals surface area contributed by atoms with Crippen molar-refractivity contribution in [3.05, 3.63) is 0 Å². The first-order chi connectivity index (χ1) is 9.85. The van der Waals surface area contributed by atoms with Crippen LogP contribution in [-0.2, 0) is 0 Å². The molecule has 0 spiro atoms. The first-order valence-electron chi connectivity index (χ1n) is 7.34. The fourth-order valence-corrected chi connectivity index (χ4v) is 2.68. The van der Waals surface area contributed by atoms with Crippen molar-refractivity contribution in [2.75, 3.05) is 41.9 Å². The van der Waals surface area contributed by atoms with Gasteiger partial charge in [0.15, 0.2) is 0 Å². The summed E-state index contributed by atoms with van der Waals surface area (Å²) in [7, 11) is 0. The molecule has 8 heteroatoms. The lowest BCUT2D eigenvalue weighted by Crippen LogP contribution is -2.36. The Morgan fingerprint density at radius 1 is 0.800 bits per heavy atom. The number of nitrogens with zero attached hydrogens (tertiary/aromatic N) is 5. The molecule has 2 aliphatic rings. The van der Waals surface area contributed by atoms with Crippen LogP contribution < -0.4 is 21.6 Å². The van der Waals surface area contributed by atoms with Crippen molar-refractivity contribution in [1.29, 1.82) is 0 Å². The van der Waals surface area contributed by atoms with E-state index in [1.54, 1.807) is 0 Å². The summed E-state index contributed by atoms with van der Waals surface area (Å²) >= 11 is 0. The van der Waals surface area contributed by atoms with Gasteiger partial charge in [0.25, 0.3) is 0 Å². The molecule has 8 nitrogen and oxygen atoms in total. The number of hydrogen-bond acceptors (Lipinski definition) is 8. The molecule has 0 aromatic carbocycles. The van der Waals surface area contributed by atoms with Gasteiger partial charge in [-0.25, -0.2) is 10.9 Å². The van der Waals surface area contributed by atoms with Crippen LogP contribution in [0, 0.1) is 0 Å². The number of hydrazine groups is 2. The van der Waals surface area contributed by atoms with Crippen molar-refractivity contribution < 1.29 is 0 Å². The van der Waals surface area contributed by atoms with E-state index in [0.29, 0.717) is 17.8 Å². The minimum Gasteiger partial charge on any atom is -0.341 e. The Hall–Kier alpha value is -1.67. The fraction of sp³-hybridized carbons (Fsp3) is 0.750. The van der Waals surface area contributed by atoms with Crippen molar-refractivity contribution in [3.8, 4) is 0 Å². The summed E-state index contributed by atoms with van der Waals surface area (Å²) in [5.74, 6) is 7.13. The zero-order chi connectivity index (χ0) is 13.8. The van der Waals surface area contributed by atoms with Gasteiger partial charge < -0.3 is 4.90 Å². The van der Waals surface area contributed by atoms with Crippen LogP contribution in [-0.4, -0.2) is 46.1 Å². The van der Waals surface area contributed by atoms with Crippen LogP contribution in [0.4, 0.5) is 17.8 Å². The molecule has 1 aromatic heterocycles. The van der Waals surface area contributed by atoms with Crippen molar-refractivity contribution in [1.82, 2.24) is 20.0 Å². The molecule has 0 aliphatic carbocycles. The molecule has 3 heterocycles. The molecule has 0 amide bonds. The maximum absolute atomic E-state index is 5.46. The lowest BCUT2D eigenvalue weighted by molar-refractivity contribution is 0.271. The predicted octanol–water partition coefficient (Wildman–Crippen LogP) is 0.570. The van der Waals surface area contributed by atoms with E-state index >= 15 is 0 Å². The number of piperidine rings is 1. The molecule has 0 atom stereocenters. The Balaban J connectivity index is 1.76. The van der Waals surface area contributed by atoms with Gasteiger partial charge in [-0.3, -0.25) is 10.9 Å². The van der Waals surface area contributed by atoms with Crippen LogP contribution in [0.25, 0.3) is 0 Å². The second-order valence-corrected chi connectivity index (χ2v) is 5.28. The van der Waals surface area contributed by atoms with Crippen LogP contribution in [0.1, 0.15) is 32.1 Å². The zero-order valence-electron chi connectivity index (χ0n) is 11.7. The van der Waals surface area contributed by atoms with E-state index in [1.165, 1.54) is 32.1 Å². The highest BCUT2D eigenvalue weighted by molar-refractivity contribution is 5.43. The summed E-state index contributed by atoms with van der Waals surface area (Å²) in [6.07, 6.45) is 6.08. The Morgan fingerprint density at radius 3 is 2.15 bits per heavy atom. The van der Waals surface area contributed by atoms with Gasteiger partial charge >= 0.3 is 0 Å². The number of nitrogen functional groups attached to an aromatic ring is 1. The lowest BCUT2D eigenvalue weighted by Gasteiger charge is -2.27. The average Bonchev–Trinajstić information content (AvgIpc) is 3.02. The Labute approximate surface area is 118 Å². The Kier molecular flexibility index (Phi) is 4.12. The standard InChI is InChI=1S/C12H22N8/c13-17-10-14-11(18-20-8-2-1-3-9-20)16-12(15-10)19-6-4-5-7-19/h1-9,13H2,(H2,14,15,16,17,18). The van der Waals surface area contributed by atoms with E-state index in [9.17, 15) is 0 Å². The van der Waals surface area contributed by atoms with Crippen LogP contribution in [0.5, 0.6) is 0 Å². The molecule has 0 radical (unpaired) electrons. The van der Waals surface area contributed by atoms with Gasteiger partial charge in [-0.1, -0.05) is 6.42 Å². The van der Waals surface area contributed by atoms with Crippen molar-refractivity contribution in [2.24, 2.45) is 5.84 Å². The van der Waals surface area contributed by atoms with Gasteiger partial charge in [-0.15, -0.1) is 0 Å². The highest BCUT2D eigenvalue weighted by Gasteiger charge is 2.18. The van der Waals surface area contributed by atoms with Crippen molar-refractivity contribution >= 4 is 17.8 Å². The SMILES string of the molecule is NNc1nc(NN2CCCCC2)nc(N2CCCC2)n1. The van der Waals surface area contributed by atoms with Gasteiger partial charge in [0.2, 0.25) is 17.8 Å². The normalized spacial score (nSPS) is 20.1. The number of nitrogens with two attached hydrogens (primary N) is 1. The maximum Gasteiger partial charge on any atom is 0.244 e. The second-order valence-electron chi connectivity index (χ2n) is 5.28. The molecule has 4 N–H and O–H groups in total. The third kappa shape index (κ3) is 3.07. The number of hydrogen-bond donors (Lipinski definition) is 3. The molecule has 0 bridgehead atoms. The van der Waals surface area contributed by atoms with Crippen molar-refractivity contribution in [2.45, 2.75) is 32.1 Å². The fourth-order valence-electron chi connectivity index (χ4n) is 2.68. The first-order valence-corrected chi connectivity index (χ1v) is 7.34. The highest BCUT2D eigenvalue weighted by atomic mass is 15.5. The average molecular weight is 278 g/mol. The lowest BCUT2D eigenvalue weighted by atomic mass is 10.2. The third-order valence-electron chi connectivity index (χ3n) is 3.76. The molecule has 1 aromatic rings. The van der Waals surface area contributed by atoms with Crippen molar-refractivity contribution in [3.63, 3.8) is 0 Å². The Bertz CT molecular complexity index is 439. The number of aromatic nitrogens is 3. The summed E-state index contributed by atoms with van der Waals surface area (Å²) in [5.41, 5.74) is 5.79. The Morgan fingerprint density at radius 2 is 1.45 bits per heavy atom. The molecule has 2 fully saturated rings. The van der Waals surface area contributed by atoms with E-state index in [2.05, 4.69) is 35.7 Å². The quantitative estimate of drug-likeness (QED) is 0.543. The second kappa shape index (κ2) is 6.19. The van der Waals surface area contributed by atoms with Gasteiger partial charge in [0.1, 0.15) is 0 Å².